The number of aliphatic carboxylic acids is 1. The van der Waals surface area contributed by atoms with Gasteiger partial charge in [0, 0.05) is 18.2 Å². The molecule has 9 nitrogen and oxygen atoms in total. The van der Waals surface area contributed by atoms with Crippen LogP contribution in [0.15, 0.2) is 51.3 Å². The number of rotatable bonds is 8. The van der Waals surface area contributed by atoms with E-state index in [2.05, 4.69) is 6.08 Å². The van der Waals surface area contributed by atoms with Crippen LogP contribution in [0.1, 0.15) is 37.9 Å². The first-order chi connectivity index (χ1) is 18.9. The Bertz CT molecular complexity index is 1380. The number of hydrogen-bond acceptors (Lipinski definition) is 7. The van der Waals surface area contributed by atoms with Crippen molar-refractivity contribution in [2.45, 2.75) is 44.2 Å². The zero-order valence-corrected chi connectivity index (χ0v) is 22.4. The molecule has 2 unspecified atom stereocenters. The Morgan fingerprint density at radius 3 is 2.82 bits per heavy atom. The number of carboxylic acid groups (broad SMARTS) is 1. The third-order valence-electron chi connectivity index (χ3n) is 7.95. The minimum Gasteiger partial charge on any atom is -0.497 e. The molecule has 3 fully saturated rings. The fourth-order valence-electron chi connectivity index (χ4n) is 5.98. The van der Waals surface area contributed by atoms with Crippen LogP contribution in [-0.4, -0.2) is 70.9 Å². The zero-order chi connectivity index (χ0) is 27.1. The second-order valence-electron chi connectivity index (χ2n) is 10.4. The molecule has 4 aliphatic rings. The molecule has 3 heterocycles. The number of furan rings is 1. The molecule has 10 heteroatoms. The van der Waals surface area contributed by atoms with E-state index in [1.54, 1.807) is 36.0 Å². The number of fused-ring (bicyclic) bond motifs is 2. The van der Waals surface area contributed by atoms with Crippen molar-refractivity contribution in [1.29, 1.82) is 0 Å². The molecule has 1 saturated carbocycles. The average Bonchev–Trinajstić information content (AvgIpc) is 3.77. The van der Waals surface area contributed by atoms with Gasteiger partial charge in [-0.2, -0.15) is 0 Å². The van der Waals surface area contributed by atoms with Crippen molar-refractivity contribution >= 4 is 35.6 Å². The topological polar surface area (TPSA) is 110 Å². The Balaban J connectivity index is 1.14. The van der Waals surface area contributed by atoms with Crippen molar-refractivity contribution < 1.29 is 33.4 Å². The number of amides is 2. The summed E-state index contributed by atoms with van der Waals surface area (Å²) in [6, 6.07) is 8.27. The standard InChI is InChI=1S/C29H30N2O7S/c1-36-21-11-19(12-22(13-21)37-15-27(32)30-8-2-3-23(30)29(34)35)25-7-6-20(38-25)14-26-28(33)31(16-39-26)24-10-17-4-5-18(24)9-17/h5-7,11-14,17,23-24H,2-4,8-10,15-16H2,1H3,(H,34,35)/b26-14-/t17?,23-,24?/m0/s1. The largest absolute Gasteiger partial charge is 0.497 e. The Labute approximate surface area is 230 Å². The predicted octanol–water partition coefficient (Wildman–Crippen LogP) is 4.39. The van der Waals surface area contributed by atoms with Gasteiger partial charge in [0.15, 0.2) is 6.61 Å². The van der Waals surface area contributed by atoms with Crippen molar-refractivity contribution in [3.8, 4) is 22.8 Å². The lowest BCUT2D eigenvalue weighted by molar-refractivity contribution is -0.148. The summed E-state index contributed by atoms with van der Waals surface area (Å²) in [6.07, 6.45) is 8.55. The van der Waals surface area contributed by atoms with E-state index < -0.39 is 12.0 Å². The SMILES string of the molecule is COc1cc(OCC(=O)N2CCC[C@H]2C(=O)O)cc(-c2ccc(/C=C3\SCN(C4CC5CC=C4C5)C3=O)o2)c1. The Hall–Kier alpha value is -3.66. The van der Waals surface area contributed by atoms with Crippen molar-refractivity contribution in [3.63, 3.8) is 0 Å². The number of carbonyl (C=O) groups is 3. The maximum Gasteiger partial charge on any atom is 0.326 e. The van der Waals surface area contributed by atoms with Gasteiger partial charge in [-0.05, 0) is 68.4 Å². The highest BCUT2D eigenvalue weighted by atomic mass is 32.2. The van der Waals surface area contributed by atoms with Gasteiger partial charge in [0.2, 0.25) is 0 Å². The molecule has 0 radical (unpaired) electrons. The smallest absolute Gasteiger partial charge is 0.326 e. The number of hydrogen-bond donors (Lipinski definition) is 1. The summed E-state index contributed by atoms with van der Waals surface area (Å²) in [5.74, 6) is 2.10. The molecule has 204 valence electrons. The van der Waals surface area contributed by atoms with E-state index in [0.717, 1.165) is 19.3 Å². The number of carboxylic acids is 1. The Morgan fingerprint density at radius 2 is 2.08 bits per heavy atom. The number of methoxy groups -OCH3 is 1. The van der Waals surface area contributed by atoms with Crippen LogP contribution in [0.25, 0.3) is 17.4 Å². The summed E-state index contributed by atoms with van der Waals surface area (Å²) >= 11 is 1.54. The quantitative estimate of drug-likeness (QED) is 0.381. The lowest BCUT2D eigenvalue weighted by Crippen LogP contribution is -2.42. The molecule has 2 aromatic rings. The van der Waals surface area contributed by atoms with Gasteiger partial charge in [-0.25, -0.2) is 4.79 Å². The van der Waals surface area contributed by atoms with Crippen molar-refractivity contribution in [1.82, 2.24) is 9.80 Å². The van der Waals surface area contributed by atoms with Gasteiger partial charge in [0.05, 0.1) is 23.9 Å². The molecular weight excluding hydrogens is 520 g/mol. The lowest BCUT2D eigenvalue weighted by Gasteiger charge is -2.26. The monoisotopic (exact) mass is 550 g/mol. The highest BCUT2D eigenvalue weighted by Crippen LogP contribution is 2.45. The summed E-state index contributed by atoms with van der Waals surface area (Å²) in [7, 11) is 1.54. The van der Waals surface area contributed by atoms with Crippen molar-refractivity contribution in [3.05, 3.63) is 52.6 Å². The number of ether oxygens (including phenoxy) is 2. The van der Waals surface area contributed by atoms with Crippen LogP contribution in [0, 0.1) is 5.92 Å². The van der Waals surface area contributed by atoms with Gasteiger partial charge < -0.3 is 28.8 Å². The molecule has 6 rings (SSSR count). The van der Waals surface area contributed by atoms with Crippen LogP contribution in [0.2, 0.25) is 0 Å². The van der Waals surface area contributed by atoms with Crippen LogP contribution in [0.3, 0.4) is 0 Å². The van der Waals surface area contributed by atoms with E-state index >= 15 is 0 Å². The first-order valence-electron chi connectivity index (χ1n) is 13.2. The summed E-state index contributed by atoms with van der Waals surface area (Å²) < 4.78 is 17.2. The van der Waals surface area contributed by atoms with E-state index in [1.165, 1.54) is 17.6 Å². The second-order valence-corrected chi connectivity index (χ2v) is 11.4. The zero-order valence-electron chi connectivity index (χ0n) is 21.6. The average molecular weight is 551 g/mol. The maximum atomic E-state index is 13.1. The molecule has 39 heavy (non-hydrogen) atoms. The van der Waals surface area contributed by atoms with E-state index in [9.17, 15) is 19.5 Å². The first kappa shape index (κ1) is 25.6. The molecule has 1 aromatic carbocycles. The van der Waals surface area contributed by atoms with Crippen molar-refractivity contribution in [2.24, 2.45) is 5.92 Å². The fraction of sp³-hybridized carbons (Fsp3) is 0.414. The normalized spacial score (nSPS) is 25.1. The van der Waals surface area contributed by atoms with Crippen LogP contribution < -0.4 is 9.47 Å². The van der Waals surface area contributed by atoms with Gasteiger partial charge in [-0.3, -0.25) is 9.59 Å². The van der Waals surface area contributed by atoms with Crippen LogP contribution in [0.4, 0.5) is 0 Å². The van der Waals surface area contributed by atoms with Crippen LogP contribution >= 0.6 is 11.8 Å². The number of thioether (sulfide) groups is 1. The van der Waals surface area contributed by atoms with E-state index in [-0.39, 0.29) is 24.5 Å². The molecule has 2 bridgehead atoms. The number of carbonyl (C=O) groups excluding carboxylic acids is 2. The molecule has 2 aliphatic carbocycles. The van der Waals surface area contributed by atoms with Gasteiger partial charge in [0.1, 0.15) is 29.1 Å². The second kappa shape index (κ2) is 10.5. The molecule has 2 aliphatic heterocycles. The van der Waals surface area contributed by atoms with Crippen molar-refractivity contribution in [2.75, 3.05) is 26.1 Å². The lowest BCUT2D eigenvalue weighted by atomic mass is 10.0. The molecule has 3 atom stereocenters. The minimum absolute atomic E-state index is 0.0567. The Kier molecular flexibility index (Phi) is 6.88. The summed E-state index contributed by atoms with van der Waals surface area (Å²) in [5.41, 5.74) is 2.10. The van der Waals surface area contributed by atoms with Gasteiger partial charge >= 0.3 is 5.97 Å². The van der Waals surface area contributed by atoms with Gasteiger partial charge in [-0.15, -0.1) is 0 Å². The summed E-state index contributed by atoms with van der Waals surface area (Å²) in [4.78, 5) is 41.2. The Morgan fingerprint density at radius 1 is 1.23 bits per heavy atom. The molecule has 1 N–H and O–H groups in total. The summed E-state index contributed by atoms with van der Waals surface area (Å²) in [5, 5.41) is 9.35. The van der Waals surface area contributed by atoms with E-state index in [1.807, 2.05) is 17.0 Å². The molecule has 1 aromatic heterocycles. The van der Waals surface area contributed by atoms with E-state index in [0.29, 0.717) is 64.7 Å². The molecule has 0 spiro atoms. The van der Waals surface area contributed by atoms with Crippen LogP contribution in [0.5, 0.6) is 11.5 Å². The minimum atomic E-state index is -0.999. The summed E-state index contributed by atoms with van der Waals surface area (Å²) in [6.45, 7) is 0.130. The number of benzene rings is 1. The van der Waals surface area contributed by atoms with Gasteiger partial charge in [-0.1, -0.05) is 23.4 Å². The number of nitrogens with zero attached hydrogens (tertiary/aromatic N) is 2. The van der Waals surface area contributed by atoms with Crippen LogP contribution in [-0.2, 0) is 14.4 Å². The highest BCUT2D eigenvalue weighted by molar-refractivity contribution is 8.04. The van der Waals surface area contributed by atoms with E-state index in [4.69, 9.17) is 13.9 Å². The number of likely N-dealkylation sites (tertiary alicyclic amines) is 1. The number of allylic oxidation sites excluding steroid dienone is 1. The first-order valence-corrected chi connectivity index (χ1v) is 14.2. The maximum absolute atomic E-state index is 13.1. The van der Waals surface area contributed by atoms with Gasteiger partial charge in [0.25, 0.3) is 11.8 Å². The fourth-order valence-corrected chi connectivity index (χ4v) is 7.00. The third-order valence-corrected chi connectivity index (χ3v) is 8.96. The molecule has 2 amide bonds. The third kappa shape index (κ3) is 5.05. The molecule has 2 saturated heterocycles. The molecular formula is C29H30N2O7S. The predicted molar refractivity (Wildman–Crippen MR) is 145 cm³/mol. The highest BCUT2D eigenvalue weighted by Gasteiger charge is 2.41.